The molecule has 0 aliphatic heterocycles. The van der Waals surface area contributed by atoms with Crippen molar-refractivity contribution in [3.05, 3.63) is 39.7 Å². The number of nitrogens with one attached hydrogen (secondary N) is 1. The molecule has 0 aromatic heterocycles. The summed E-state index contributed by atoms with van der Waals surface area (Å²) < 4.78 is 13.5. The van der Waals surface area contributed by atoms with E-state index in [0.717, 1.165) is 37.5 Å². The highest BCUT2D eigenvalue weighted by Crippen LogP contribution is 2.16. The molecule has 0 atom stereocenters. The zero-order chi connectivity index (χ0) is 14.3. The molecule has 0 unspecified atom stereocenters. The van der Waals surface area contributed by atoms with Gasteiger partial charge in [-0.15, -0.1) is 11.6 Å². The molecule has 1 rings (SSSR count). The molecule has 0 fully saturated rings. The van der Waals surface area contributed by atoms with E-state index >= 15 is 0 Å². The highest BCUT2D eigenvalue weighted by atomic mass is 35.5. The minimum absolute atomic E-state index is 0.192. The Morgan fingerprint density at radius 2 is 2.11 bits per heavy atom. The van der Waals surface area contributed by atoms with Crippen LogP contribution in [0.4, 0.5) is 10.1 Å². The zero-order valence-corrected chi connectivity index (χ0v) is 11.0. The quantitative estimate of drug-likeness (QED) is 0.363. The van der Waals surface area contributed by atoms with Crippen LogP contribution in [0.5, 0.6) is 0 Å². The minimum Gasteiger partial charge on any atom is -0.352 e. The summed E-state index contributed by atoms with van der Waals surface area (Å²) in [6.45, 7) is 0.423. The fourth-order valence-electron chi connectivity index (χ4n) is 1.50. The van der Waals surface area contributed by atoms with Gasteiger partial charge in [0.2, 0.25) is 0 Å². The highest BCUT2D eigenvalue weighted by molar-refractivity contribution is 6.17. The van der Waals surface area contributed by atoms with Gasteiger partial charge in [0.25, 0.3) is 11.6 Å². The van der Waals surface area contributed by atoms with Gasteiger partial charge >= 0.3 is 0 Å². The second-order valence-corrected chi connectivity index (χ2v) is 4.30. The van der Waals surface area contributed by atoms with Crippen LogP contribution in [0.15, 0.2) is 18.2 Å². The number of non-ortho nitro benzene ring substituents is 1. The number of hydrogen-bond acceptors (Lipinski definition) is 3. The molecule has 1 N–H and O–H groups in total. The molecular weight excluding hydrogens is 275 g/mol. The third-order valence-corrected chi connectivity index (χ3v) is 2.77. The molecule has 0 saturated carbocycles. The lowest BCUT2D eigenvalue weighted by atomic mass is 10.1. The SMILES string of the molecule is O=C(NCCCCCCl)c1ccc([N+](=O)[O-])cc1F. The lowest BCUT2D eigenvalue weighted by Gasteiger charge is -2.05. The lowest BCUT2D eigenvalue weighted by molar-refractivity contribution is -0.385. The number of hydrogen-bond donors (Lipinski definition) is 1. The van der Waals surface area contributed by atoms with Crippen LogP contribution >= 0.6 is 11.6 Å². The summed E-state index contributed by atoms with van der Waals surface area (Å²) in [7, 11) is 0. The first-order valence-corrected chi connectivity index (χ1v) is 6.38. The first kappa shape index (κ1) is 15.4. The van der Waals surface area contributed by atoms with Gasteiger partial charge < -0.3 is 5.32 Å². The summed E-state index contributed by atoms with van der Waals surface area (Å²) in [4.78, 5) is 21.4. The largest absolute Gasteiger partial charge is 0.352 e. The Labute approximate surface area is 114 Å². The second kappa shape index (κ2) is 7.68. The molecule has 0 spiro atoms. The molecule has 0 saturated heterocycles. The Kier molecular flexibility index (Phi) is 6.21. The molecule has 0 aliphatic carbocycles. The summed E-state index contributed by atoms with van der Waals surface area (Å²) >= 11 is 5.51. The summed E-state index contributed by atoms with van der Waals surface area (Å²) in [6.07, 6.45) is 2.50. The molecule has 19 heavy (non-hydrogen) atoms. The summed E-state index contributed by atoms with van der Waals surface area (Å²) in [5, 5.41) is 13.0. The first-order valence-electron chi connectivity index (χ1n) is 5.84. The number of nitro groups is 1. The molecule has 0 heterocycles. The molecule has 1 aromatic carbocycles. The number of carbonyl (C=O) groups is 1. The van der Waals surface area contributed by atoms with E-state index in [9.17, 15) is 19.3 Å². The van der Waals surface area contributed by atoms with Crippen molar-refractivity contribution in [3.63, 3.8) is 0 Å². The number of carbonyl (C=O) groups excluding carboxylic acids is 1. The molecule has 7 heteroatoms. The summed E-state index contributed by atoms with van der Waals surface area (Å²) in [5.74, 6) is -0.893. The minimum atomic E-state index is -0.896. The molecule has 0 aliphatic rings. The van der Waals surface area contributed by atoms with Gasteiger partial charge in [0.05, 0.1) is 16.6 Å². The Morgan fingerprint density at radius 1 is 1.37 bits per heavy atom. The van der Waals surface area contributed by atoms with Crippen LogP contribution < -0.4 is 5.32 Å². The van der Waals surface area contributed by atoms with Crippen LogP contribution in [0.3, 0.4) is 0 Å². The first-order chi connectivity index (χ1) is 9.06. The highest BCUT2D eigenvalue weighted by Gasteiger charge is 2.15. The number of nitrogens with zero attached hydrogens (tertiary/aromatic N) is 1. The van der Waals surface area contributed by atoms with Crippen molar-refractivity contribution in [3.8, 4) is 0 Å². The van der Waals surface area contributed by atoms with E-state index in [-0.39, 0.29) is 11.3 Å². The second-order valence-electron chi connectivity index (χ2n) is 3.93. The number of halogens is 2. The number of amides is 1. The van der Waals surface area contributed by atoms with Crippen molar-refractivity contribution in [2.75, 3.05) is 12.4 Å². The lowest BCUT2D eigenvalue weighted by Crippen LogP contribution is -2.25. The third kappa shape index (κ3) is 4.82. The average molecular weight is 289 g/mol. The maximum Gasteiger partial charge on any atom is 0.272 e. The van der Waals surface area contributed by atoms with E-state index in [1.54, 1.807) is 0 Å². The van der Waals surface area contributed by atoms with E-state index < -0.39 is 16.6 Å². The van der Waals surface area contributed by atoms with Gasteiger partial charge in [-0.25, -0.2) is 4.39 Å². The Hall–Kier alpha value is -1.69. The Morgan fingerprint density at radius 3 is 2.68 bits per heavy atom. The van der Waals surface area contributed by atoms with Gasteiger partial charge in [0.1, 0.15) is 5.82 Å². The Balaban J connectivity index is 2.55. The molecule has 1 amide bonds. The number of alkyl halides is 1. The number of unbranched alkanes of at least 4 members (excludes halogenated alkanes) is 2. The fraction of sp³-hybridized carbons (Fsp3) is 0.417. The maximum absolute atomic E-state index is 13.5. The van der Waals surface area contributed by atoms with Gasteiger partial charge in [0, 0.05) is 18.5 Å². The normalized spacial score (nSPS) is 10.2. The van der Waals surface area contributed by atoms with Crippen molar-refractivity contribution in [1.29, 1.82) is 0 Å². The monoisotopic (exact) mass is 288 g/mol. The fourth-order valence-corrected chi connectivity index (χ4v) is 1.68. The van der Waals surface area contributed by atoms with Gasteiger partial charge in [0.15, 0.2) is 0 Å². The van der Waals surface area contributed by atoms with E-state index in [2.05, 4.69) is 5.32 Å². The number of rotatable bonds is 7. The summed E-state index contributed by atoms with van der Waals surface area (Å²) in [5.41, 5.74) is -0.570. The Bertz CT molecular complexity index is 468. The predicted molar refractivity (Wildman–Crippen MR) is 70.0 cm³/mol. The van der Waals surface area contributed by atoms with Crippen molar-refractivity contribution < 1.29 is 14.1 Å². The maximum atomic E-state index is 13.5. The van der Waals surface area contributed by atoms with Crippen molar-refractivity contribution in [1.82, 2.24) is 5.32 Å². The molecule has 104 valence electrons. The zero-order valence-electron chi connectivity index (χ0n) is 10.2. The standard InChI is InChI=1S/C12H14ClFN2O3/c13-6-2-1-3-7-15-12(17)10-5-4-9(16(18)19)8-11(10)14/h4-5,8H,1-3,6-7H2,(H,15,17). The van der Waals surface area contributed by atoms with Crippen LogP contribution in [0, 0.1) is 15.9 Å². The van der Waals surface area contributed by atoms with Gasteiger partial charge in [-0.05, 0) is 18.9 Å². The van der Waals surface area contributed by atoms with Crippen molar-refractivity contribution in [2.24, 2.45) is 0 Å². The van der Waals surface area contributed by atoms with Crippen LogP contribution in [-0.4, -0.2) is 23.3 Å². The van der Waals surface area contributed by atoms with Crippen LogP contribution in [0.25, 0.3) is 0 Å². The molecule has 5 nitrogen and oxygen atoms in total. The summed E-state index contributed by atoms with van der Waals surface area (Å²) in [6, 6.07) is 2.95. The van der Waals surface area contributed by atoms with Crippen molar-refractivity contribution >= 4 is 23.2 Å². The van der Waals surface area contributed by atoms with Crippen LogP contribution in [-0.2, 0) is 0 Å². The third-order valence-electron chi connectivity index (χ3n) is 2.50. The predicted octanol–water partition coefficient (Wildman–Crippen LogP) is 2.87. The average Bonchev–Trinajstić information content (AvgIpc) is 2.38. The van der Waals surface area contributed by atoms with Crippen molar-refractivity contribution in [2.45, 2.75) is 19.3 Å². The molecule has 1 aromatic rings. The van der Waals surface area contributed by atoms with Gasteiger partial charge in [-0.2, -0.15) is 0 Å². The topological polar surface area (TPSA) is 72.2 Å². The van der Waals surface area contributed by atoms with E-state index in [0.29, 0.717) is 12.4 Å². The van der Waals surface area contributed by atoms with E-state index in [1.165, 1.54) is 0 Å². The van der Waals surface area contributed by atoms with E-state index in [4.69, 9.17) is 11.6 Å². The van der Waals surface area contributed by atoms with Gasteiger partial charge in [-0.1, -0.05) is 6.42 Å². The molecule has 0 bridgehead atoms. The molecular formula is C12H14ClFN2O3. The number of benzene rings is 1. The number of nitro benzene ring substituents is 1. The smallest absolute Gasteiger partial charge is 0.272 e. The van der Waals surface area contributed by atoms with E-state index in [1.807, 2.05) is 0 Å². The van der Waals surface area contributed by atoms with Crippen LogP contribution in [0.1, 0.15) is 29.6 Å². The molecule has 0 radical (unpaired) electrons. The van der Waals surface area contributed by atoms with Crippen LogP contribution in [0.2, 0.25) is 0 Å². The van der Waals surface area contributed by atoms with Gasteiger partial charge in [-0.3, -0.25) is 14.9 Å².